The summed E-state index contributed by atoms with van der Waals surface area (Å²) >= 11 is 12.3. The predicted octanol–water partition coefficient (Wildman–Crippen LogP) is 2.82. The Morgan fingerprint density at radius 2 is 2.06 bits per heavy atom. The van der Waals surface area contributed by atoms with Crippen LogP contribution in [0.25, 0.3) is 0 Å². The average Bonchev–Trinajstić information content (AvgIpc) is 2.77. The molecule has 1 N–H and O–H groups in total. The van der Waals surface area contributed by atoms with E-state index in [0.717, 1.165) is 18.5 Å². The van der Waals surface area contributed by atoms with Crippen LogP contribution in [0, 0.1) is 5.92 Å². The van der Waals surface area contributed by atoms with Gasteiger partial charge in [-0.25, -0.2) is 0 Å². The summed E-state index contributed by atoms with van der Waals surface area (Å²) in [5.74, 6) is -0.451. The highest BCUT2D eigenvalue weighted by Gasteiger charge is 2.36. The molecule has 0 aliphatic carbocycles. The standard InChI is InChI=1S/C12H13Cl2NO2/c1-17-12(16)7-5-6-15-11(7)10-8(13)3-2-4-9(10)14/h2-4,7,11,15H,5-6H2,1H3/t7-,11?/m0/s1. The molecule has 1 aliphatic rings. The van der Waals surface area contributed by atoms with Crippen LogP contribution in [0.3, 0.4) is 0 Å². The number of esters is 1. The number of hydrogen-bond donors (Lipinski definition) is 1. The Labute approximate surface area is 110 Å². The minimum Gasteiger partial charge on any atom is -0.469 e. The summed E-state index contributed by atoms with van der Waals surface area (Å²) in [5, 5.41) is 4.40. The number of carbonyl (C=O) groups is 1. The Balaban J connectivity index is 2.36. The van der Waals surface area contributed by atoms with Crippen molar-refractivity contribution in [2.45, 2.75) is 12.5 Å². The van der Waals surface area contributed by atoms with Crippen LogP contribution in [0.15, 0.2) is 18.2 Å². The van der Waals surface area contributed by atoms with Gasteiger partial charge in [0.15, 0.2) is 0 Å². The van der Waals surface area contributed by atoms with Crippen molar-refractivity contribution in [1.82, 2.24) is 5.32 Å². The molecule has 0 amide bonds. The molecule has 3 nitrogen and oxygen atoms in total. The molecule has 92 valence electrons. The highest BCUT2D eigenvalue weighted by Crippen LogP contribution is 2.38. The van der Waals surface area contributed by atoms with E-state index in [9.17, 15) is 4.79 Å². The Morgan fingerprint density at radius 3 is 2.65 bits per heavy atom. The number of nitrogens with one attached hydrogen (secondary N) is 1. The fourth-order valence-electron chi connectivity index (χ4n) is 2.22. The van der Waals surface area contributed by atoms with E-state index in [0.29, 0.717) is 10.0 Å². The number of ether oxygens (including phenoxy) is 1. The quantitative estimate of drug-likeness (QED) is 0.843. The molecule has 2 atom stereocenters. The molecule has 0 aromatic heterocycles. The second kappa shape index (κ2) is 5.25. The topological polar surface area (TPSA) is 38.3 Å². The molecule has 1 aliphatic heterocycles. The molecule has 0 spiro atoms. The first-order valence-corrected chi connectivity index (χ1v) is 6.16. The van der Waals surface area contributed by atoms with Gasteiger partial charge < -0.3 is 10.1 Å². The third-order valence-electron chi connectivity index (χ3n) is 3.04. The Morgan fingerprint density at radius 1 is 1.41 bits per heavy atom. The van der Waals surface area contributed by atoms with Gasteiger partial charge in [-0.1, -0.05) is 29.3 Å². The molecule has 0 saturated carbocycles. The summed E-state index contributed by atoms with van der Waals surface area (Å²) in [4.78, 5) is 11.7. The lowest BCUT2D eigenvalue weighted by molar-refractivity contribution is -0.145. The van der Waals surface area contributed by atoms with Crippen molar-refractivity contribution >= 4 is 29.2 Å². The molecular weight excluding hydrogens is 261 g/mol. The first-order valence-electron chi connectivity index (χ1n) is 5.40. The van der Waals surface area contributed by atoms with Gasteiger partial charge in [0.1, 0.15) is 0 Å². The fourth-order valence-corrected chi connectivity index (χ4v) is 2.85. The lowest BCUT2D eigenvalue weighted by Crippen LogP contribution is -2.25. The smallest absolute Gasteiger partial charge is 0.310 e. The Kier molecular flexibility index (Phi) is 3.92. The second-order valence-electron chi connectivity index (χ2n) is 3.99. The first-order chi connectivity index (χ1) is 8.15. The van der Waals surface area contributed by atoms with Gasteiger partial charge in [0, 0.05) is 21.7 Å². The fraction of sp³-hybridized carbons (Fsp3) is 0.417. The van der Waals surface area contributed by atoms with Crippen molar-refractivity contribution in [2.75, 3.05) is 13.7 Å². The van der Waals surface area contributed by atoms with E-state index < -0.39 is 0 Å². The number of benzene rings is 1. The van der Waals surface area contributed by atoms with Gasteiger partial charge in [0.05, 0.1) is 13.0 Å². The molecule has 5 heteroatoms. The summed E-state index contributed by atoms with van der Waals surface area (Å²) in [5.41, 5.74) is 0.781. The molecule has 2 rings (SSSR count). The zero-order chi connectivity index (χ0) is 12.4. The maximum atomic E-state index is 11.7. The van der Waals surface area contributed by atoms with Crippen molar-refractivity contribution in [2.24, 2.45) is 5.92 Å². The summed E-state index contributed by atoms with van der Waals surface area (Å²) in [6.45, 7) is 0.756. The normalized spacial score (nSPS) is 23.7. The largest absolute Gasteiger partial charge is 0.469 e. The van der Waals surface area contributed by atoms with E-state index in [1.54, 1.807) is 18.2 Å². The Hall–Kier alpha value is -0.770. The van der Waals surface area contributed by atoms with Crippen molar-refractivity contribution in [1.29, 1.82) is 0 Å². The van der Waals surface area contributed by atoms with Crippen LogP contribution in [0.1, 0.15) is 18.0 Å². The monoisotopic (exact) mass is 273 g/mol. The average molecular weight is 274 g/mol. The SMILES string of the molecule is COC(=O)[C@H]1CCNC1c1c(Cl)cccc1Cl. The van der Waals surface area contributed by atoms with Crippen LogP contribution in [0.5, 0.6) is 0 Å². The van der Waals surface area contributed by atoms with Gasteiger partial charge in [-0.3, -0.25) is 4.79 Å². The van der Waals surface area contributed by atoms with Gasteiger partial charge in [-0.15, -0.1) is 0 Å². The predicted molar refractivity (Wildman–Crippen MR) is 67.3 cm³/mol. The molecule has 0 bridgehead atoms. The van der Waals surface area contributed by atoms with Gasteiger partial charge >= 0.3 is 5.97 Å². The van der Waals surface area contributed by atoms with Crippen LogP contribution < -0.4 is 5.32 Å². The van der Waals surface area contributed by atoms with E-state index >= 15 is 0 Å². The maximum Gasteiger partial charge on any atom is 0.310 e. The molecule has 1 aromatic rings. The minimum atomic E-state index is -0.226. The van der Waals surface area contributed by atoms with E-state index in [1.165, 1.54) is 7.11 Å². The van der Waals surface area contributed by atoms with E-state index in [4.69, 9.17) is 27.9 Å². The molecule has 1 unspecified atom stereocenters. The highest BCUT2D eigenvalue weighted by atomic mass is 35.5. The van der Waals surface area contributed by atoms with Crippen LogP contribution in [0.2, 0.25) is 10.0 Å². The van der Waals surface area contributed by atoms with E-state index in [-0.39, 0.29) is 17.9 Å². The Bertz CT molecular complexity index is 416. The summed E-state index contributed by atoms with van der Waals surface area (Å²) in [6, 6.07) is 5.17. The van der Waals surface area contributed by atoms with Gasteiger partial charge in [-0.2, -0.15) is 0 Å². The summed E-state index contributed by atoms with van der Waals surface area (Å²) in [6.07, 6.45) is 0.735. The van der Waals surface area contributed by atoms with Gasteiger partial charge in [0.25, 0.3) is 0 Å². The molecular formula is C12H13Cl2NO2. The number of hydrogen-bond acceptors (Lipinski definition) is 3. The highest BCUT2D eigenvalue weighted by molar-refractivity contribution is 6.36. The van der Waals surface area contributed by atoms with Crippen molar-refractivity contribution in [3.8, 4) is 0 Å². The summed E-state index contributed by atoms with van der Waals surface area (Å²) < 4.78 is 4.80. The molecule has 1 saturated heterocycles. The lowest BCUT2D eigenvalue weighted by atomic mass is 9.94. The number of methoxy groups -OCH3 is 1. The number of halogens is 2. The molecule has 1 fully saturated rings. The van der Waals surface area contributed by atoms with Crippen LogP contribution >= 0.6 is 23.2 Å². The molecule has 1 heterocycles. The minimum absolute atomic E-state index is 0.163. The third-order valence-corrected chi connectivity index (χ3v) is 3.70. The molecule has 0 radical (unpaired) electrons. The van der Waals surface area contributed by atoms with Crippen LogP contribution in [-0.4, -0.2) is 19.6 Å². The van der Waals surface area contributed by atoms with E-state index in [2.05, 4.69) is 5.32 Å². The molecule has 17 heavy (non-hydrogen) atoms. The van der Waals surface area contributed by atoms with Gasteiger partial charge in [-0.05, 0) is 25.1 Å². The van der Waals surface area contributed by atoms with Crippen molar-refractivity contribution in [3.05, 3.63) is 33.8 Å². The number of rotatable bonds is 2. The second-order valence-corrected chi connectivity index (χ2v) is 4.80. The lowest BCUT2D eigenvalue weighted by Gasteiger charge is -2.20. The number of carbonyl (C=O) groups excluding carboxylic acids is 1. The first kappa shape index (κ1) is 12.7. The maximum absolute atomic E-state index is 11.7. The van der Waals surface area contributed by atoms with Crippen molar-refractivity contribution in [3.63, 3.8) is 0 Å². The van der Waals surface area contributed by atoms with Gasteiger partial charge in [0.2, 0.25) is 0 Å². The zero-order valence-electron chi connectivity index (χ0n) is 9.37. The molecule has 1 aromatic carbocycles. The van der Waals surface area contributed by atoms with Crippen LogP contribution in [-0.2, 0) is 9.53 Å². The third kappa shape index (κ3) is 2.41. The summed E-state index contributed by atoms with van der Waals surface area (Å²) in [7, 11) is 1.39. The van der Waals surface area contributed by atoms with E-state index in [1.807, 2.05) is 0 Å². The van der Waals surface area contributed by atoms with Crippen molar-refractivity contribution < 1.29 is 9.53 Å². The van der Waals surface area contributed by atoms with Crippen LogP contribution in [0.4, 0.5) is 0 Å². The zero-order valence-corrected chi connectivity index (χ0v) is 10.9.